The third-order valence-corrected chi connectivity index (χ3v) is 3.79. The van der Waals surface area contributed by atoms with Crippen LogP contribution in [0.15, 0.2) is 18.2 Å². The summed E-state index contributed by atoms with van der Waals surface area (Å²) in [5.74, 6) is 0.359. The van der Waals surface area contributed by atoms with Gasteiger partial charge in [0, 0.05) is 44.4 Å². The molecule has 1 saturated heterocycles. The zero-order valence-corrected chi connectivity index (χ0v) is 11.9. The molecule has 1 aliphatic heterocycles. The molecule has 0 spiro atoms. The Hall–Kier alpha value is -1.17. The van der Waals surface area contributed by atoms with E-state index >= 15 is 0 Å². The largest absolute Gasteiger partial charge is 0.496 e. The number of aliphatic hydroxyl groups excluding tert-OH is 1. The van der Waals surface area contributed by atoms with Crippen molar-refractivity contribution < 1.29 is 14.2 Å². The van der Waals surface area contributed by atoms with Gasteiger partial charge in [-0.25, -0.2) is 4.39 Å². The van der Waals surface area contributed by atoms with Crippen molar-refractivity contribution in [2.75, 3.05) is 39.9 Å². The Labute approximate surface area is 119 Å². The summed E-state index contributed by atoms with van der Waals surface area (Å²) in [6, 6.07) is 4.90. The second kappa shape index (κ2) is 7.57. The molecule has 4 nitrogen and oxygen atoms in total. The molecular weight excluding hydrogens is 259 g/mol. The van der Waals surface area contributed by atoms with Crippen molar-refractivity contribution in [1.29, 1.82) is 0 Å². The predicted molar refractivity (Wildman–Crippen MR) is 76.5 cm³/mol. The number of nitrogens with one attached hydrogen (secondary N) is 1. The van der Waals surface area contributed by atoms with Crippen LogP contribution in [0.5, 0.6) is 5.75 Å². The molecule has 1 atom stereocenters. The van der Waals surface area contributed by atoms with Gasteiger partial charge in [-0.15, -0.1) is 0 Å². The third kappa shape index (κ3) is 3.48. The average molecular weight is 282 g/mol. The van der Waals surface area contributed by atoms with Crippen molar-refractivity contribution in [3.05, 3.63) is 29.6 Å². The van der Waals surface area contributed by atoms with Gasteiger partial charge in [-0.05, 0) is 25.0 Å². The summed E-state index contributed by atoms with van der Waals surface area (Å²) in [5, 5.41) is 12.4. The number of rotatable bonds is 6. The van der Waals surface area contributed by atoms with Crippen LogP contribution in [0.3, 0.4) is 0 Å². The normalized spacial score (nSPS) is 17.9. The molecule has 0 unspecified atom stereocenters. The van der Waals surface area contributed by atoms with Crippen molar-refractivity contribution in [3.63, 3.8) is 0 Å². The Morgan fingerprint density at radius 2 is 2.15 bits per heavy atom. The van der Waals surface area contributed by atoms with Crippen LogP contribution in [0.1, 0.15) is 24.4 Å². The van der Waals surface area contributed by atoms with Gasteiger partial charge < -0.3 is 15.2 Å². The molecule has 1 heterocycles. The lowest BCUT2D eigenvalue weighted by atomic mass is 9.98. The van der Waals surface area contributed by atoms with Gasteiger partial charge in [-0.1, -0.05) is 6.07 Å². The number of nitrogens with zero attached hydrogens (tertiary/aromatic N) is 1. The molecular formula is C15H23FN2O2. The fourth-order valence-electron chi connectivity index (χ4n) is 2.81. The number of ether oxygens (including phenoxy) is 1. The van der Waals surface area contributed by atoms with E-state index in [2.05, 4.69) is 10.2 Å². The first-order valence-electron chi connectivity index (χ1n) is 7.16. The van der Waals surface area contributed by atoms with Crippen LogP contribution in [0, 0.1) is 5.82 Å². The molecule has 0 bridgehead atoms. The van der Waals surface area contributed by atoms with Crippen molar-refractivity contribution >= 4 is 0 Å². The molecule has 1 aromatic rings. The topological polar surface area (TPSA) is 44.7 Å². The highest BCUT2D eigenvalue weighted by Gasteiger charge is 2.27. The van der Waals surface area contributed by atoms with Gasteiger partial charge >= 0.3 is 0 Å². The number of hydrogen-bond donors (Lipinski definition) is 2. The summed E-state index contributed by atoms with van der Waals surface area (Å²) >= 11 is 0. The summed E-state index contributed by atoms with van der Waals surface area (Å²) < 4.78 is 19.6. The van der Waals surface area contributed by atoms with E-state index in [1.54, 1.807) is 19.2 Å². The van der Waals surface area contributed by atoms with Crippen LogP contribution in [0.25, 0.3) is 0 Å². The highest BCUT2D eigenvalue weighted by molar-refractivity contribution is 5.37. The lowest BCUT2D eigenvalue weighted by Crippen LogP contribution is -2.45. The number of hydrogen-bond acceptors (Lipinski definition) is 4. The van der Waals surface area contributed by atoms with Crippen molar-refractivity contribution in [1.82, 2.24) is 10.2 Å². The first-order chi connectivity index (χ1) is 9.77. The quantitative estimate of drug-likeness (QED) is 0.831. The van der Waals surface area contributed by atoms with Crippen molar-refractivity contribution in [2.45, 2.75) is 18.9 Å². The Kier molecular flexibility index (Phi) is 5.76. The predicted octanol–water partition coefficient (Wildman–Crippen LogP) is 1.55. The summed E-state index contributed by atoms with van der Waals surface area (Å²) in [7, 11) is 1.57. The maximum atomic E-state index is 14.3. The summed E-state index contributed by atoms with van der Waals surface area (Å²) in [4.78, 5) is 2.27. The third-order valence-electron chi connectivity index (χ3n) is 3.79. The number of benzene rings is 1. The van der Waals surface area contributed by atoms with E-state index < -0.39 is 0 Å². The molecule has 0 aromatic heterocycles. The molecule has 1 aromatic carbocycles. The maximum absolute atomic E-state index is 14.3. The molecule has 0 radical (unpaired) electrons. The monoisotopic (exact) mass is 282 g/mol. The first-order valence-corrected chi connectivity index (χ1v) is 7.16. The highest BCUT2D eigenvalue weighted by atomic mass is 19.1. The van der Waals surface area contributed by atoms with Gasteiger partial charge in [0.25, 0.3) is 0 Å². The fourth-order valence-corrected chi connectivity index (χ4v) is 2.81. The van der Waals surface area contributed by atoms with E-state index in [9.17, 15) is 4.39 Å². The summed E-state index contributed by atoms with van der Waals surface area (Å²) in [6.45, 7) is 3.71. The number of methoxy groups -OCH3 is 1. The Balaban J connectivity index is 2.29. The van der Waals surface area contributed by atoms with Crippen LogP contribution in [0.4, 0.5) is 4.39 Å². The zero-order valence-electron chi connectivity index (χ0n) is 11.9. The van der Waals surface area contributed by atoms with E-state index in [1.807, 2.05) is 0 Å². The standard InChI is InChI=1S/C15H23FN2O2/c1-20-14-6-2-4-12(16)15(14)13(5-3-11-19)18-9-7-17-8-10-18/h2,4,6,13,17,19H,3,5,7-11H2,1H3/t13-/m1/s1. The van der Waals surface area contributed by atoms with Gasteiger partial charge in [-0.3, -0.25) is 4.90 Å². The molecule has 2 N–H and O–H groups in total. The van der Waals surface area contributed by atoms with Gasteiger partial charge in [0.15, 0.2) is 0 Å². The minimum absolute atomic E-state index is 0.0413. The van der Waals surface area contributed by atoms with Crippen LogP contribution >= 0.6 is 0 Å². The van der Waals surface area contributed by atoms with Gasteiger partial charge in [-0.2, -0.15) is 0 Å². The van der Waals surface area contributed by atoms with Crippen molar-refractivity contribution in [2.24, 2.45) is 0 Å². The van der Waals surface area contributed by atoms with E-state index in [0.29, 0.717) is 17.7 Å². The van der Waals surface area contributed by atoms with E-state index in [1.165, 1.54) is 6.07 Å². The summed E-state index contributed by atoms with van der Waals surface area (Å²) in [6.07, 6.45) is 1.39. The molecule has 1 aliphatic rings. The average Bonchev–Trinajstić information content (AvgIpc) is 2.50. The molecule has 112 valence electrons. The Morgan fingerprint density at radius 1 is 1.40 bits per heavy atom. The van der Waals surface area contributed by atoms with Gasteiger partial charge in [0.1, 0.15) is 11.6 Å². The first kappa shape index (κ1) is 15.2. The molecule has 0 saturated carbocycles. The SMILES string of the molecule is COc1cccc(F)c1[C@@H](CCCO)N1CCNCC1. The lowest BCUT2D eigenvalue weighted by Gasteiger charge is -2.36. The van der Waals surface area contributed by atoms with E-state index in [0.717, 1.165) is 32.6 Å². The Morgan fingerprint density at radius 3 is 2.80 bits per heavy atom. The number of aliphatic hydroxyl groups is 1. The second-order valence-electron chi connectivity index (χ2n) is 5.02. The van der Waals surface area contributed by atoms with E-state index in [4.69, 9.17) is 9.84 Å². The molecule has 1 fully saturated rings. The number of halogens is 1. The van der Waals surface area contributed by atoms with Crippen LogP contribution in [0.2, 0.25) is 0 Å². The molecule has 0 aliphatic carbocycles. The summed E-state index contributed by atoms with van der Waals surface area (Å²) in [5.41, 5.74) is 0.616. The minimum atomic E-state index is -0.231. The Bertz CT molecular complexity index is 422. The minimum Gasteiger partial charge on any atom is -0.496 e. The van der Waals surface area contributed by atoms with Gasteiger partial charge in [0.2, 0.25) is 0 Å². The second-order valence-corrected chi connectivity index (χ2v) is 5.02. The van der Waals surface area contributed by atoms with Crippen LogP contribution in [-0.2, 0) is 0 Å². The molecule has 20 heavy (non-hydrogen) atoms. The molecule has 0 amide bonds. The number of piperazine rings is 1. The molecule has 5 heteroatoms. The van der Waals surface area contributed by atoms with E-state index in [-0.39, 0.29) is 18.5 Å². The highest BCUT2D eigenvalue weighted by Crippen LogP contribution is 2.34. The zero-order chi connectivity index (χ0) is 14.4. The maximum Gasteiger partial charge on any atom is 0.131 e. The van der Waals surface area contributed by atoms with Crippen molar-refractivity contribution in [3.8, 4) is 5.75 Å². The van der Waals surface area contributed by atoms with Crippen LogP contribution in [-0.4, -0.2) is 49.9 Å². The lowest BCUT2D eigenvalue weighted by molar-refractivity contribution is 0.149. The van der Waals surface area contributed by atoms with Crippen LogP contribution < -0.4 is 10.1 Å². The fraction of sp³-hybridized carbons (Fsp3) is 0.600. The van der Waals surface area contributed by atoms with Gasteiger partial charge in [0.05, 0.1) is 7.11 Å². The smallest absolute Gasteiger partial charge is 0.131 e. The molecule has 2 rings (SSSR count).